The van der Waals surface area contributed by atoms with E-state index in [1.165, 1.54) is 47.3 Å². The van der Waals surface area contributed by atoms with Crippen LogP contribution >= 0.6 is 46.0 Å². The van der Waals surface area contributed by atoms with E-state index >= 15 is 0 Å². The molecule has 0 aliphatic carbocycles. The van der Waals surface area contributed by atoms with Crippen LogP contribution in [-0.2, 0) is 0 Å². The Balaban J connectivity index is 3.22. The third-order valence-corrected chi connectivity index (χ3v) is 4.61. The zero-order chi connectivity index (χ0) is 10.8. The number of thiocarbonyl (C=S) groups is 2. The molecular weight excluding hydrogens is 252 g/mol. The Bertz CT molecular complexity index is 184. The smallest absolute Gasteiger partial charge is 0.144 e. The summed E-state index contributed by atoms with van der Waals surface area (Å²) in [5.41, 5.74) is 5.32. The second-order valence-corrected chi connectivity index (χ2v) is 6.31. The van der Waals surface area contributed by atoms with Crippen LogP contribution in [0.3, 0.4) is 0 Å². The van der Waals surface area contributed by atoms with E-state index in [2.05, 4.69) is 12.2 Å². The minimum absolute atomic E-state index is 0.421. The van der Waals surface area contributed by atoms with E-state index in [4.69, 9.17) is 30.2 Å². The molecule has 3 N–H and O–H groups in total. The van der Waals surface area contributed by atoms with Gasteiger partial charge in [-0.1, -0.05) is 50.6 Å². The number of rotatable bonds is 5. The van der Waals surface area contributed by atoms with Crippen LogP contribution in [0.2, 0.25) is 0 Å². The fraction of sp³-hybridized carbons (Fsp3) is 0.750. The molecule has 0 aliphatic rings. The molecule has 0 bridgehead atoms. The molecule has 0 radical (unpaired) electrons. The molecule has 0 spiro atoms. The summed E-state index contributed by atoms with van der Waals surface area (Å²) in [5, 5.41) is 3.16. The highest BCUT2D eigenvalue weighted by molar-refractivity contribution is 8.89. The van der Waals surface area contributed by atoms with E-state index in [9.17, 15) is 0 Å². The summed E-state index contributed by atoms with van der Waals surface area (Å²) in [6.45, 7) is 3.15. The van der Waals surface area contributed by atoms with Crippen LogP contribution in [0.4, 0.5) is 0 Å². The minimum atomic E-state index is 0.421. The van der Waals surface area contributed by atoms with Crippen LogP contribution in [0, 0.1) is 0 Å². The molecule has 0 aromatic heterocycles. The molecule has 0 aliphatic heterocycles. The Morgan fingerprint density at radius 2 is 1.93 bits per heavy atom. The highest BCUT2D eigenvalue weighted by Crippen LogP contribution is 2.21. The maximum Gasteiger partial charge on any atom is 0.144 e. The molecular formula is C8H16N2S4. The van der Waals surface area contributed by atoms with Crippen molar-refractivity contribution in [2.45, 2.75) is 32.6 Å². The van der Waals surface area contributed by atoms with Crippen molar-refractivity contribution in [1.82, 2.24) is 5.32 Å². The zero-order valence-electron chi connectivity index (χ0n) is 8.25. The summed E-state index contributed by atoms with van der Waals surface area (Å²) in [6, 6.07) is 0. The first-order valence-electron chi connectivity index (χ1n) is 4.58. The third-order valence-electron chi connectivity index (χ3n) is 1.50. The van der Waals surface area contributed by atoms with Crippen LogP contribution in [0.25, 0.3) is 0 Å². The molecule has 0 amide bonds. The normalized spacial score (nSPS) is 9.79. The quantitative estimate of drug-likeness (QED) is 0.453. The van der Waals surface area contributed by atoms with Crippen molar-refractivity contribution < 1.29 is 0 Å². The second-order valence-electron chi connectivity index (χ2n) is 2.76. The van der Waals surface area contributed by atoms with Gasteiger partial charge in [0.05, 0.1) is 0 Å². The monoisotopic (exact) mass is 268 g/mol. The van der Waals surface area contributed by atoms with E-state index in [1.807, 2.05) is 0 Å². The SMILES string of the molecule is CCCCCCNC(=S)SSC(N)=S. The molecule has 0 saturated carbocycles. The first-order chi connectivity index (χ1) is 6.66. The van der Waals surface area contributed by atoms with Gasteiger partial charge in [-0.3, -0.25) is 0 Å². The molecule has 2 nitrogen and oxygen atoms in total. The third kappa shape index (κ3) is 10.6. The molecule has 6 heteroatoms. The van der Waals surface area contributed by atoms with E-state index in [-0.39, 0.29) is 0 Å². The Morgan fingerprint density at radius 1 is 1.21 bits per heavy atom. The maximum absolute atomic E-state index is 5.32. The molecule has 0 heterocycles. The topological polar surface area (TPSA) is 38.0 Å². The van der Waals surface area contributed by atoms with E-state index in [0.717, 1.165) is 10.9 Å². The van der Waals surface area contributed by atoms with Gasteiger partial charge in [-0.25, -0.2) is 0 Å². The molecule has 0 aromatic rings. The number of hydrogen-bond donors (Lipinski definition) is 2. The zero-order valence-corrected chi connectivity index (χ0v) is 11.5. The summed E-state index contributed by atoms with van der Waals surface area (Å²) in [7, 11) is 2.75. The van der Waals surface area contributed by atoms with Gasteiger partial charge in [-0.05, 0) is 28.0 Å². The summed E-state index contributed by atoms with van der Waals surface area (Å²) < 4.78 is 1.18. The van der Waals surface area contributed by atoms with Crippen molar-refractivity contribution >= 4 is 54.7 Å². The van der Waals surface area contributed by atoms with Crippen molar-refractivity contribution in [1.29, 1.82) is 0 Å². The predicted molar refractivity (Wildman–Crippen MR) is 76.7 cm³/mol. The Morgan fingerprint density at radius 3 is 2.50 bits per heavy atom. The first-order valence-corrected chi connectivity index (χ1v) is 7.55. The molecule has 0 saturated heterocycles. The Kier molecular flexibility index (Phi) is 10.4. The number of nitrogens with one attached hydrogen (secondary N) is 1. The fourth-order valence-corrected chi connectivity index (χ4v) is 2.53. The molecule has 0 atom stereocenters. The van der Waals surface area contributed by atoms with Crippen LogP contribution < -0.4 is 11.1 Å². The maximum atomic E-state index is 5.32. The van der Waals surface area contributed by atoms with Gasteiger partial charge in [-0.15, -0.1) is 0 Å². The second kappa shape index (κ2) is 10.0. The molecule has 0 fully saturated rings. The predicted octanol–water partition coefficient (Wildman–Crippen LogP) is 3.07. The summed E-state index contributed by atoms with van der Waals surface area (Å²) >= 11 is 9.78. The van der Waals surface area contributed by atoms with Gasteiger partial charge in [-0.2, -0.15) is 0 Å². The number of unbranched alkanes of at least 4 members (excludes halogenated alkanes) is 3. The fourth-order valence-electron chi connectivity index (χ4n) is 0.851. The van der Waals surface area contributed by atoms with Gasteiger partial charge >= 0.3 is 0 Å². The van der Waals surface area contributed by atoms with Crippen LogP contribution in [0.1, 0.15) is 32.6 Å². The number of nitrogens with two attached hydrogens (primary N) is 1. The summed E-state index contributed by atoms with van der Waals surface area (Å²) in [5.74, 6) is 0. The van der Waals surface area contributed by atoms with Crippen molar-refractivity contribution in [3.8, 4) is 0 Å². The largest absolute Gasteiger partial charge is 0.384 e. The summed E-state index contributed by atoms with van der Waals surface area (Å²) in [6.07, 6.45) is 4.99. The van der Waals surface area contributed by atoms with E-state index in [1.54, 1.807) is 0 Å². The lowest BCUT2D eigenvalue weighted by Crippen LogP contribution is -2.19. The van der Waals surface area contributed by atoms with Crippen LogP contribution in [-0.4, -0.2) is 15.2 Å². The molecule has 0 rings (SSSR count). The molecule has 0 aromatic carbocycles. The van der Waals surface area contributed by atoms with Gasteiger partial charge in [0.1, 0.15) is 8.64 Å². The lowest BCUT2D eigenvalue weighted by Gasteiger charge is -2.05. The Labute approximate surface area is 105 Å². The molecule has 82 valence electrons. The van der Waals surface area contributed by atoms with Crippen LogP contribution in [0.15, 0.2) is 0 Å². The lowest BCUT2D eigenvalue weighted by molar-refractivity contribution is 0.657. The summed E-state index contributed by atoms with van der Waals surface area (Å²) in [4.78, 5) is 0. The lowest BCUT2D eigenvalue weighted by atomic mass is 10.2. The van der Waals surface area contributed by atoms with Crippen LogP contribution in [0.5, 0.6) is 0 Å². The van der Waals surface area contributed by atoms with Crippen molar-refractivity contribution in [2.75, 3.05) is 6.54 Å². The molecule has 0 unspecified atom stereocenters. The standard InChI is InChI=1S/C8H16N2S4/c1-2-3-4-5-6-10-8(12)14-13-7(9)11/h2-6H2,1H3,(H2,9,11)(H,10,12). The Hall–Kier alpha value is 0.480. The van der Waals surface area contributed by atoms with Gasteiger partial charge in [0.15, 0.2) is 0 Å². The molecule has 14 heavy (non-hydrogen) atoms. The van der Waals surface area contributed by atoms with Crippen molar-refractivity contribution in [3.63, 3.8) is 0 Å². The van der Waals surface area contributed by atoms with Crippen molar-refractivity contribution in [2.24, 2.45) is 5.73 Å². The van der Waals surface area contributed by atoms with Gasteiger partial charge < -0.3 is 11.1 Å². The van der Waals surface area contributed by atoms with E-state index < -0.39 is 0 Å². The van der Waals surface area contributed by atoms with Gasteiger partial charge in [0.25, 0.3) is 0 Å². The average Bonchev–Trinajstić information content (AvgIpc) is 2.14. The highest BCUT2D eigenvalue weighted by atomic mass is 33.1. The van der Waals surface area contributed by atoms with E-state index in [0.29, 0.717) is 4.32 Å². The van der Waals surface area contributed by atoms with Gasteiger partial charge in [0.2, 0.25) is 0 Å². The number of hydrogen-bond acceptors (Lipinski definition) is 4. The average molecular weight is 268 g/mol. The minimum Gasteiger partial charge on any atom is -0.384 e. The van der Waals surface area contributed by atoms with Crippen molar-refractivity contribution in [3.05, 3.63) is 0 Å². The highest BCUT2D eigenvalue weighted by Gasteiger charge is 1.98. The first kappa shape index (κ1) is 14.5. The van der Waals surface area contributed by atoms with Gasteiger partial charge in [0, 0.05) is 6.54 Å².